The van der Waals surface area contributed by atoms with Crippen molar-refractivity contribution in [3.05, 3.63) is 40.7 Å². The highest BCUT2D eigenvalue weighted by Crippen LogP contribution is 2.29. The first kappa shape index (κ1) is 16.2. The van der Waals surface area contributed by atoms with Gasteiger partial charge in [-0.2, -0.15) is 0 Å². The van der Waals surface area contributed by atoms with Crippen molar-refractivity contribution in [2.75, 3.05) is 6.54 Å². The number of nitrogens with one attached hydrogen (secondary N) is 1. The van der Waals surface area contributed by atoms with Gasteiger partial charge in [-0.05, 0) is 63.6 Å². The van der Waals surface area contributed by atoms with Gasteiger partial charge >= 0.3 is 0 Å². The monoisotopic (exact) mass is 286 g/mol. The van der Waals surface area contributed by atoms with Crippen LogP contribution in [0, 0.1) is 13.8 Å². The molecule has 0 saturated carbocycles. The molecule has 1 heterocycles. The molecule has 0 aliphatic heterocycles. The third kappa shape index (κ3) is 4.67. The fourth-order valence-electron chi connectivity index (χ4n) is 3.20. The largest absolute Gasteiger partial charge is 0.305 e. The van der Waals surface area contributed by atoms with E-state index in [1.54, 1.807) is 5.57 Å². The van der Waals surface area contributed by atoms with Gasteiger partial charge in [0.25, 0.3) is 0 Å². The van der Waals surface area contributed by atoms with Gasteiger partial charge in [-0.25, -0.2) is 0 Å². The van der Waals surface area contributed by atoms with E-state index in [1.165, 1.54) is 55.3 Å². The molecule has 0 saturated heterocycles. The lowest BCUT2D eigenvalue weighted by Gasteiger charge is -2.24. The van der Waals surface area contributed by atoms with E-state index in [0.717, 1.165) is 13.0 Å². The lowest BCUT2D eigenvalue weighted by atomic mass is 9.91. The molecule has 1 aliphatic rings. The number of aromatic nitrogens is 1. The fraction of sp³-hybridized carbons (Fsp3) is 0.632. The summed E-state index contributed by atoms with van der Waals surface area (Å²) >= 11 is 0. The topological polar surface area (TPSA) is 24.9 Å². The van der Waals surface area contributed by atoms with Crippen LogP contribution in [0.3, 0.4) is 0 Å². The van der Waals surface area contributed by atoms with Gasteiger partial charge in [0.05, 0.1) is 11.7 Å². The number of aryl methyl sites for hydroxylation is 2. The van der Waals surface area contributed by atoms with Crippen molar-refractivity contribution in [1.82, 2.24) is 10.3 Å². The van der Waals surface area contributed by atoms with Gasteiger partial charge in [-0.1, -0.05) is 37.5 Å². The van der Waals surface area contributed by atoms with Crippen molar-refractivity contribution in [3.63, 3.8) is 0 Å². The highest BCUT2D eigenvalue weighted by molar-refractivity contribution is 5.31. The molecule has 0 amide bonds. The Labute approximate surface area is 130 Å². The summed E-state index contributed by atoms with van der Waals surface area (Å²) in [6.45, 7) is 7.59. The fourth-order valence-corrected chi connectivity index (χ4v) is 3.20. The highest BCUT2D eigenvalue weighted by atomic mass is 14.9. The number of rotatable bonds is 5. The Morgan fingerprint density at radius 3 is 2.76 bits per heavy atom. The summed E-state index contributed by atoms with van der Waals surface area (Å²) in [5, 5.41) is 3.73. The van der Waals surface area contributed by atoms with Crippen molar-refractivity contribution >= 4 is 0 Å². The summed E-state index contributed by atoms with van der Waals surface area (Å²) in [5.74, 6) is 0. The predicted octanol–water partition coefficient (Wildman–Crippen LogP) is 5.02. The van der Waals surface area contributed by atoms with Gasteiger partial charge in [-0.3, -0.25) is 4.98 Å². The van der Waals surface area contributed by atoms with Crippen LogP contribution in [0.1, 0.15) is 74.7 Å². The van der Waals surface area contributed by atoms with Gasteiger partial charge in [0.15, 0.2) is 0 Å². The third-order valence-corrected chi connectivity index (χ3v) is 4.32. The van der Waals surface area contributed by atoms with E-state index in [1.807, 2.05) is 6.20 Å². The first-order chi connectivity index (χ1) is 10.2. The zero-order valence-corrected chi connectivity index (χ0v) is 13.9. The molecule has 0 aromatic carbocycles. The van der Waals surface area contributed by atoms with Crippen LogP contribution in [0.25, 0.3) is 0 Å². The van der Waals surface area contributed by atoms with Crippen LogP contribution in [0.4, 0.5) is 0 Å². The maximum atomic E-state index is 4.76. The van der Waals surface area contributed by atoms with Crippen molar-refractivity contribution in [1.29, 1.82) is 0 Å². The van der Waals surface area contributed by atoms with Crippen molar-refractivity contribution in [3.8, 4) is 0 Å². The van der Waals surface area contributed by atoms with E-state index in [9.17, 15) is 0 Å². The van der Waals surface area contributed by atoms with E-state index in [2.05, 4.69) is 38.2 Å². The molecule has 1 aliphatic carbocycles. The molecular formula is C19H30N2. The van der Waals surface area contributed by atoms with Crippen LogP contribution >= 0.6 is 0 Å². The number of allylic oxidation sites excluding steroid dienone is 1. The molecule has 1 unspecified atom stereocenters. The average molecular weight is 286 g/mol. The Bertz CT molecular complexity index is 476. The minimum absolute atomic E-state index is 0.309. The van der Waals surface area contributed by atoms with Crippen LogP contribution in [-0.2, 0) is 0 Å². The SMILES string of the molecule is CCCNC(C1=CCCCCCC1)c1ncc(C)cc1C. The average Bonchev–Trinajstić information content (AvgIpc) is 2.42. The summed E-state index contributed by atoms with van der Waals surface area (Å²) in [7, 11) is 0. The van der Waals surface area contributed by atoms with Gasteiger partial charge in [0, 0.05) is 6.20 Å². The minimum atomic E-state index is 0.309. The highest BCUT2D eigenvalue weighted by Gasteiger charge is 2.19. The van der Waals surface area contributed by atoms with E-state index in [4.69, 9.17) is 4.98 Å². The van der Waals surface area contributed by atoms with E-state index in [-0.39, 0.29) is 0 Å². The smallest absolute Gasteiger partial charge is 0.0713 e. The second kappa shape index (κ2) is 8.33. The molecule has 0 radical (unpaired) electrons. The van der Waals surface area contributed by atoms with Gasteiger partial charge in [-0.15, -0.1) is 0 Å². The Morgan fingerprint density at radius 2 is 2.00 bits per heavy atom. The summed E-state index contributed by atoms with van der Waals surface area (Å²) in [4.78, 5) is 4.76. The third-order valence-electron chi connectivity index (χ3n) is 4.32. The summed E-state index contributed by atoms with van der Waals surface area (Å²) in [5.41, 5.74) is 5.34. The van der Waals surface area contributed by atoms with Crippen LogP contribution in [-0.4, -0.2) is 11.5 Å². The number of nitrogens with zero attached hydrogens (tertiary/aromatic N) is 1. The minimum Gasteiger partial charge on any atom is -0.305 e. The number of hydrogen-bond donors (Lipinski definition) is 1. The number of pyridine rings is 1. The molecule has 1 N–H and O–H groups in total. The molecule has 0 fully saturated rings. The lowest BCUT2D eigenvalue weighted by Crippen LogP contribution is -2.26. The molecule has 2 heteroatoms. The molecule has 2 nitrogen and oxygen atoms in total. The van der Waals surface area contributed by atoms with Gasteiger partial charge < -0.3 is 5.32 Å². The Hall–Kier alpha value is -1.15. The maximum Gasteiger partial charge on any atom is 0.0713 e. The van der Waals surface area contributed by atoms with E-state index < -0.39 is 0 Å². The van der Waals surface area contributed by atoms with Gasteiger partial charge in [0.2, 0.25) is 0 Å². The molecule has 116 valence electrons. The standard InChI is InChI=1S/C19H30N2/c1-4-12-20-19(17-10-8-6-5-7-9-11-17)18-16(3)13-15(2)14-21-18/h10,13-14,19-20H,4-9,11-12H2,1-3H3. The number of hydrogen-bond acceptors (Lipinski definition) is 2. The zero-order valence-electron chi connectivity index (χ0n) is 13.9. The molecule has 21 heavy (non-hydrogen) atoms. The molecule has 0 bridgehead atoms. The first-order valence-electron chi connectivity index (χ1n) is 8.57. The van der Waals surface area contributed by atoms with E-state index >= 15 is 0 Å². The predicted molar refractivity (Wildman–Crippen MR) is 90.5 cm³/mol. The van der Waals surface area contributed by atoms with Crippen molar-refractivity contribution in [2.45, 2.75) is 71.8 Å². The summed E-state index contributed by atoms with van der Waals surface area (Å²) < 4.78 is 0. The van der Waals surface area contributed by atoms with Crippen molar-refractivity contribution in [2.24, 2.45) is 0 Å². The molecule has 0 spiro atoms. The van der Waals surface area contributed by atoms with E-state index in [0.29, 0.717) is 6.04 Å². The van der Waals surface area contributed by atoms with Gasteiger partial charge in [0.1, 0.15) is 0 Å². The second-order valence-corrected chi connectivity index (χ2v) is 6.33. The maximum absolute atomic E-state index is 4.76. The summed E-state index contributed by atoms with van der Waals surface area (Å²) in [6, 6.07) is 2.57. The molecule has 1 atom stereocenters. The second-order valence-electron chi connectivity index (χ2n) is 6.33. The van der Waals surface area contributed by atoms with Crippen molar-refractivity contribution < 1.29 is 0 Å². The first-order valence-corrected chi connectivity index (χ1v) is 8.57. The Morgan fingerprint density at radius 1 is 1.19 bits per heavy atom. The molecule has 1 aromatic rings. The summed E-state index contributed by atoms with van der Waals surface area (Å²) in [6.07, 6.45) is 13.5. The molecule has 2 rings (SSSR count). The van der Waals surface area contributed by atoms with Crippen LogP contribution in [0.15, 0.2) is 23.9 Å². The Kier molecular flexibility index (Phi) is 6.44. The molecular weight excluding hydrogens is 256 g/mol. The zero-order chi connectivity index (χ0) is 15.1. The quantitative estimate of drug-likeness (QED) is 0.769. The molecule has 1 aromatic heterocycles. The van der Waals surface area contributed by atoms with Crippen LogP contribution in [0.5, 0.6) is 0 Å². The van der Waals surface area contributed by atoms with Crippen LogP contribution in [0.2, 0.25) is 0 Å². The lowest BCUT2D eigenvalue weighted by molar-refractivity contribution is 0.531. The normalized spacial score (nSPS) is 17.8. The van der Waals surface area contributed by atoms with Crippen LogP contribution < -0.4 is 5.32 Å². The Balaban J connectivity index is 2.27.